The van der Waals surface area contributed by atoms with Gasteiger partial charge in [0.05, 0.1) is 10.8 Å². The van der Waals surface area contributed by atoms with Crippen LogP contribution in [-0.4, -0.2) is 0 Å². The lowest BCUT2D eigenvalue weighted by Gasteiger charge is -2.40. The van der Waals surface area contributed by atoms with Crippen LogP contribution >= 0.6 is 0 Å². The third kappa shape index (κ3) is 6.72. The summed E-state index contributed by atoms with van der Waals surface area (Å²) in [6.45, 7) is 0. The van der Waals surface area contributed by atoms with Gasteiger partial charge in [-0.15, -0.1) is 0 Å². The van der Waals surface area contributed by atoms with Crippen LogP contribution in [-0.2, 0) is 10.8 Å². The van der Waals surface area contributed by atoms with Crippen molar-refractivity contribution >= 4 is 60.5 Å². The van der Waals surface area contributed by atoms with E-state index in [2.05, 4.69) is 302 Å². The number of hydrogen-bond donors (Lipinski definition) is 0. The maximum absolute atomic E-state index is 7.29. The van der Waals surface area contributed by atoms with E-state index in [1.807, 2.05) is 12.1 Å². The van der Waals surface area contributed by atoms with Gasteiger partial charge in [0, 0.05) is 49.7 Å². The lowest BCUT2D eigenvalue weighted by atomic mass is 9.65. The molecule has 14 aromatic carbocycles. The van der Waals surface area contributed by atoms with Gasteiger partial charge in [-0.2, -0.15) is 0 Å². The Labute approximate surface area is 492 Å². The summed E-state index contributed by atoms with van der Waals surface area (Å²) >= 11 is 0. The zero-order chi connectivity index (χ0) is 55.8. The molecule has 0 atom stereocenters. The van der Waals surface area contributed by atoms with Crippen LogP contribution in [0, 0.1) is 0 Å². The molecule has 396 valence electrons. The largest absolute Gasteiger partial charge is 0.456 e. The van der Waals surface area contributed by atoms with Crippen molar-refractivity contribution in [1.29, 1.82) is 0 Å². The van der Waals surface area contributed by atoms with E-state index >= 15 is 0 Å². The Morgan fingerprint density at radius 3 is 1.42 bits per heavy atom. The Morgan fingerprint density at radius 1 is 0.259 bits per heavy atom. The minimum absolute atomic E-state index is 0.563. The fraction of sp³-hybridized carbons (Fsp3) is 0.0244. The molecule has 1 aromatic heterocycles. The van der Waals surface area contributed by atoms with Crippen LogP contribution in [0.4, 0.5) is 17.1 Å². The summed E-state index contributed by atoms with van der Waals surface area (Å²) in [5, 5.41) is 6.78. The second-order valence-electron chi connectivity index (χ2n) is 22.9. The van der Waals surface area contributed by atoms with Gasteiger partial charge in [-0.1, -0.05) is 255 Å². The highest BCUT2D eigenvalue weighted by atomic mass is 16.5. The zero-order valence-electron chi connectivity index (χ0n) is 46.2. The predicted octanol–water partition coefficient (Wildman–Crippen LogP) is 21.5. The molecule has 0 amide bonds. The highest BCUT2D eigenvalue weighted by molar-refractivity contribution is 6.06. The van der Waals surface area contributed by atoms with Crippen molar-refractivity contribution in [3.8, 4) is 56.0 Å². The monoisotopic (exact) mass is 1080 g/mol. The van der Waals surface area contributed by atoms with Gasteiger partial charge >= 0.3 is 0 Å². The number of benzene rings is 14. The molecule has 0 bridgehead atoms. The van der Waals surface area contributed by atoms with Crippen LogP contribution in [0.5, 0.6) is 11.5 Å². The van der Waals surface area contributed by atoms with Crippen molar-refractivity contribution in [3.05, 3.63) is 354 Å². The number of rotatable bonds is 7. The summed E-state index contributed by atoms with van der Waals surface area (Å²) in [6, 6.07) is 114. The molecular weight excluding hydrogens is 1030 g/mol. The molecule has 2 heterocycles. The summed E-state index contributed by atoms with van der Waals surface area (Å²) in [6.07, 6.45) is 0. The zero-order valence-corrected chi connectivity index (χ0v) is 46.2. The summed E-state index contributed by atoms with van der Waals surface area (Å²) < 4.78 is 13.7. The Balaban J connectivity index is 0.818. The highest BCUT2D eigenvalue weighted by Gasteiger charge is 2.52. The van der Waals surface area contributed by atoms with Gasteiger partial charge in [0.1, 0.15) is 22.7 Å². The van der Waals surface area contributed by atoms with E-state index < -0.39 is 10.8 Å². The third-order valence-electron chi connectivity index (χ3n) is 18.8. The molecular formula is C82H51NO2. The fourth-order valence-corrected chi connectivity index (χ4v) is 15.2. The van der Waals surface area contributed by atoms with Gasteiger partial charge < -0.3 is 14.1 Å². The standard InChI is InChI=1S/C82H51NO2/c1-3-20-57(21-4-1)81(58-22-5-2-6-23-58)70-30-14-11-26-65(70)66-47-45-61(51-75(66)81)83(59-41-34-52(35-42-59)56-38-46-68-67-27-13-16-33-76(67)84-77(68)50-56)60-43-36-55(37-44-60)62-29-17-32-72-78(62)69-28-12-15-31-71(69)82(72)73-48-39-53-18-7-9-24-63(53)79(73)85-80-64-25-10-8-19-54(64)40-49-74(80)82/h1-51H. The molecule has 85 heavy (non-hydrogen) atoms. The molecule has 1 spiro atoms. The molecule has 15 aromatic rings. The van der Waals surface area contributed by atoms with Gasteiger partial charge in [0.25, 0.3) is 0 Å². The van der Waals surface area contributed by atoms with Crippen molar-refractivity contribution in [2.45, 2.75) is 10.8 Å². The first kappa shape index (κ1) is 47.6. The molecule has 0 saturated heterocycles. The van der Waals surface area contributed by atoms with Gasteiger partial charge in [-0.05, 0) is 143 Å². The molecule has 0 unspecified atom stereocenters. The summed E-state index contributed by atoms with van der Waals surface area (Å²) in [5.74, 6) is 1.83. The van der Waals surface area contributed by atoms with Crippen LogP contribution in [0.1, 0.15) is 44.5 Å². The molecule has 0 saturated carbocycles. The first-order valence-corrected chi connectivity index (χ1v) is 29.4. The average molecular weight is 1080 g/mol. The predicted molar refractivity (Wildman–Crippen MR) is 349 cm³/mol. The van der Waals surface area contributed by atoms with E-state index in [-0.39, 0.29) is 0 Å². The number of ether oxygens (including phenoxy) is 1. The first-order chi connectivity index (χ1) is 42.1. The number of furan rings is 1. The Morgan fingerprint density at radius 2 is 0.753 bits per heavy atom. The van der Waals surface area contributed by atoms with Gasteiger partial charge in [0.2, 0.25) is 0 Å². The van der Waals surface area contributed by atoms with E-state index in [4.69, 9.17) is 9.15 Å². The molecule has 2 aliphatic carbocycles. The molecule has 3 nitrogen and oxygen atoms in total. The van der Waals surface area contributed by atoms with E-state index in [1.54, 1.807) is 0 Å². The van der Waals surface area contributed by atoms with E-state index in [1.165, 1.54) is 61.2 Å². The second-order valence-corrected chi connectivity index (χ2v) is 22.9. The normalized spacial score (nSPS) is 13.7. The smallest absolute Gasteiger partial charge is 0.140 e. The van der Waals surface area contributed by atoms with Crippen LogP contribution in [0.25, 0.3) is 88.0 Å². The number of nitrogens with zero attached hydrogens (tertiary/aromatic N) is 1. The summed E-state index contributed by atoms with van der Waals surface area (Å²) in [5.41, 5.74) is 23.1. The lowest BCUT2D eigenvalue weighted by Crippen LogP contribution is -2.32. The third-order valence-corrected chi connectivity index (χ3v) is 18.8. The maximum atomic E-state index is 7.29. The maximum Gasteiger partial charge on any atom is 0.140 e. The molecule has 3 aliphatic rings. The fourth-order valence-electron chi connectivity index (χ4n) is 15.2. The molecule has 1 aliphatic heterocycles. The van der Waals surface area contributed by atoms with Crippen LogP contribution < -0.4 is 9.64 Å². The van der Waals surface area contributed by atoms with E-state index in [0.29, 0.717) is 0 Å². The topological polar surface area (TPSA) is 25.6 Å². The summed E-state index contributed by atoms with van der Waals surface area (Å²) in [7, 11) is 0. The van der Waals surface area contributed by atoms with Crippen molar-refractivity contribution in [2.75, 3.05) is 4.90 Å². The number of anilines is 3. The quantitative estimate of drug-likeness (QED) is 0.159. The van der Waals surface area contributed by atoms with E-state index in [9.17, 15) is 0 Å². The Kier molecular flexibility index (Phi) is 10.2. The number of para-hydroxylation sites is 1. The van der Waals surface area contributed by atoms with Crippen molar-refractivity contribution in [3.63, 3.8) is 0 Å². The number of fused-ring (bicyclic) bond motifs is 19. The highest BCUT2D eigenvalue weighted by Crippen LogP contribution is 2.65. The Bertz CT molecular complexity index is 5090. The Hall–Kier alpha value is -11.0. The second kappa shape index (κ2) is 18.2. The van der Waals surface area contributed by atoms with Gasteiger partial charge in [-0.3, -0.25) is 0 Å². The first-order valence-electron chi connectivity index (χ1n) is 29.4. The molecule has 0 radical (unpaired) electrons. The van der Waals surface area contributed by atoms with Gasteiger partial charge in [0.15, 0.2) is 0 Å². The van der Waals surface area contributed by atoms with Gasteiger partial charge in [-0.25, -0.2) is 0 Å². The molecule has 3 heteroatoms. The van der Waals surface area contributed by atoms with Crippen molar-refractivity contribution in [1.82, 2.24) is 0 Å². The minimum atomic E-state index is -0.651. The number of hydrogen-bond acceptors (Lipinski definition) is 3. The van der Waals surface area contributed by atoms with Crippen LogP contribution in [0.2, 0.25) is 0 Å². The van der Waals surface area contributed by atoms with Crippen LogP contribution in [0.3, 0.4) is 0 Å². The average Bonchev–Trinajstić information content (AvgIpc) is 1.65. The van der Waals surface area contributed by atoms with Crippen LogP contribution in [0.15, 0.2) is 314 Å². The molecule has 18 rings (SSSR count). The summed E-state index contributed by atoms with van der Waals surface area (Å²) in [4.78, 5) is 2.43. The molecule has 0 N–H and O–H groups in total. The van der Waals surface area contributed by atoms with Crippen molar-refractivity contribution < 1.29 is 9.15 Å². The lowest BCUT2D eigenvalue weighted by molar-refractivity contribution is 0.447. The molecule has 0 fully saturated rings. The SMILES string of the molecule is c1ccc(C2(c3ccccc3)c3ccccc3-c3ccc(N(c4ccc(-c5ccc6c(c5)oc5ccccc56)cc4)c4ccc(-c5cccc6c5-c5ccccc5C65c6ccc7ccccc7c6Oc6c5ccc5ccccc65)cc4)cc32)cc1. The van der Waals surface area contributed by atoms with E-state index in [0.717, 1.165) is 99.9 Å². The van der Waals surface area contributed by atoms with Crippen molar-refractivity contribution in [2.24, 2.45) is 0 Å². The minimum Gasteiger partial charge on any atom is -0.456 e.